The minimum absolute atomic E-state index is 0.475. The van der Waals surface area contributed by atoms with E-state index in [1.54, 1.807) is 6.20 Å². The molecule has 0 radical (unpaired) electrons. The van der Waals surface area contributed by atoms with E-state index in [1.165, 1.54) is 0 Å². The minimum Gasteiger partial charge on any atom is -0.491 e. The topological polar surface area (TPSA) is 56.3 Å². The fourth-order valence-corrected chi connectivity index (χ4v) is 2.65. The molecule has 1 N–H and O–H groups in total. The van der Waals surface area contributed by atoms with Crippen molar-refractivity contribution in [2.45, 2.75) is 27.3 Å². The molecule has 5 nitrogen and oxygen atoms in total. The molecule has 136 valence electrons. The maximum Gasteiger partial charge on any atom is 0.125 e. The van der Waals surface area contributed by atoms with Gasteiger partial charge in [-0.25, -0.2) is 0 Å². The molecule has 0 fully saturated rings. The number of hydrogen-bond acceptors (Lipinski definition) is 5. The van der Waals surface area contributed by atoms with Crippen molar-refractivity contribution in [1.82, 2.24) is 9.97 Å². The predicted molar refractivity (Wildman–Crippen MR) is 102 cm³/mol. The first-order chi connectivity index (χ1) is 12.0. The van der Waals surface area contributed by atoms with E-state index in [0.717, 1.165) is 34.1 Å². The van der Waals surface area contributed by atoms with Crippen molar-refractivity contribution in [3.05, 3.63) is 46.0 Å². The lowest BCUT2D eigenvalue weighted by molar-refractivity contribution is 0.111. The molecule has 0 aromatic carbocycles. The van der Waals surface area contributed by atoms with Gasteiger partial charge in [0, 0.05) is 23.3 Å². The zero-order valence-corrected chi connectivity index (χ0v) is 16.2. The molecule has 0 amide bonds. The third-order valence-electron chi connectivity index (χ3n) is 3.66. The van der Waals surface area contributed by atoms with Gasteiger partial charge in [0.1, 0.15) is 12.4 Å². The second kappa shape index (κ2) is 9.80. The van der Waals surface area contributed by atoms with Crippen LogP contribution in [0.1, 0.15) is 22.6 Å². The van der Waals surface area contributed by atoms with Crippen LogP contribution in [0.25, 0.3) is 0 Å². The van der Waals surface area contributed by atoms with E-state index in [-0.39, 0.29) is 0 Å². The smallest absolute Gasteiger partial charge is 0.125 e. The van der Waals surface area contributed by atoms with Crippen molar-refractivity contribution < 1.29 is 9.47 Å². The monoisotopic (exact) mass is 383 g/mol. The lowest BCUT2D eigenvalue weighted by Crippen LogP contribution is -2.10. The van der Waals surface area contributed by atoms with Crippen molar-refractivity contribution >= 4 is 28.9 Å². The van der Waals surface area contributed by atoms with Crippen LogP contribution in [-0.2, 0) is 11.3 Å². The Morgan fingerprint density at radius 3 is 2.72 bits per heavy atom. The van der Waals surface area contributed by atoms with E-state index in [9.17, 15) is 0 Å². The molecular weight excluding hydrogens is 361 g/mol. The Labute approximate surface area is 158 Å². The van der Waals surface area contributed by atoms with Gasteiger partial charge in [-0.2, -0.15) is 0 Å². The van der Waals surface area contributed by atoms with Gasteiger partial charge in [-0.05, 0) is 32.9 Å². The molecule has 0 atom stereocenters. The molecule has 0 aliphatic rings. The van der Waals surface area contributed by atoms with Crippen LogP contribution in [0.4, 0.5) is 5.69 Å². The maximum atomic E-state index is 6.32. The average Bonchev–Trinajstić information content (AvgIpc) is 2.58. The summed E-state index contributed by atoms with van der Waals surface area (Å²) in [5.74, 6) is 1.29. The lowest BCUT2D eigenvalue weighted by atomic mass is 10.2. The van der Waals surface area contributed by atoms with Crippen LogP contribution in [0.2, 0.25) is 5.02 Å². The first-order valence-corrected chi connectivity index (χ1v) is 9.02. The second-order valence-corrected chi connectivity index (χ2v) is 6.35. The Bertz CT molecular complexity index is 711. The van der Waals surface area contributed by atoms with Crippen LogP contribution in [0.15, 0.2) is 18.3 Å². The SMILES string of the molecule is Cc1cc(NCc2nccc(OCCOCCCl)c2C)c(Cl)c(C)n1. The van der Waals surface area contributed by atoms with E-state index in [2.05, 4.69) is 15.3 Å². The first-order valence-electron chi connectivity index (χ1n) is 8.11. The molecule has 2 aromatic heterocycles. The van der Waals surface area contributed by atoms with Gasteiger partial charge in [0.15, 0.2) is 0 Å². The largest absolute Gasteiger partial charge is 0.491 e. The molecule has 0 saturated heterocycles. The van der Waals surface area contributed by atoms with Crippen LogP contribution in [0.5, 0.6) is 5.75 Å². The standard InChI is InChI=1S/C18H23Cl2N3O2/c1-12-10-15(18(20)14(3)23-12)22-11-16-13(2)17(4-6-21-16)25-9-8-24-7-5-19/h4,6,10H,5,7-9,11H2,1-3H3,(H,22,23). The van der Waals surface area contributed by atoms with Gasteiger partial charge < -0.3 is 14.8 Å². The van der Waals surface area contributed by atoms with Crippen LogP contribution in [0.3, 0.4) is 0 Å². The second-order valence-electron chi connectivity index (χ2n) is 5.59. The molecular formula is C18H23Cl2N3O2. The summed E-state index contributed by atoms with van der Waals surface area (Å²) in [5.41, 5.74) is 4.48. The number of hydrogen-bond donors (Lipinski definition) is 1. The summed E-state index contributed by atoms with van der Waals surface area (Å²) in [4.78, 5) is 8.78. The Hall–Kier alpha value is -1.56. The van der Waals surface area contributed by atoms with Gasteiger partial charge in [0.25, 0.3) is 0 Å². The molecule has 2 rings (SSSR count). The van der Waals surface area contributed by atoms with E-state index >= 15 is 0 Å². The maximum absolute atomic E-state index is 6.32. The van der Waals surface area contributed by atoms with Crippen molar-refractivity contribution in [2.24, 2.45) is 0 Å². The van der Waals surface area contributed by atoms with Crippen molar-refractivity contribution in [3.8, 4) is 5.75 Å². The van der Waals surface area contributed by atoms with Crippen molar-refractivity contribution in [1.29, 1.82) is 0 Å². The lowest BCUT2D eigenvalue weighted by Gasteiger charge is -2.14. The van der Waals surface area contributed by atoms with E-state index in [4.69, 9.17) is 32.7 Å². The van der Waals surface area contributed by atoms with Gasteiger partial charge in [-0.1, -0.05) is 11.6 Å². The number of aryl methyl sites for hydroxylation is 2. The number of halogens is 2. The van der Waals surface area contributed by atoms with E-state index in [0.29, 0.717) is 37.3 Å². The number of nitrogens with zero attached hydrogens (tertiary/aromatic N) is 2. The third kappa shape index (κ3) is 5.73. The molecule has 0 saturated carbocycles. The highest BCUT2D eigenvalue weighted by Crippen LogP contribution is 2.26. The molecule has 0 aliphatic heterocycles. The molecule has 0 aliphatic carbocycles. The van der Waals surface area contributed by atoms with Gasteiger partial charge in [-0.15, -0.1) is 11.6 Å². The molecule has 7 heteroatoms. The van der Waals surface area contributed by atoms with Crippen LogP contribution >= 0.6 is 23.2 Å². The fourth-order valence-electron chi connectivity index (χ4n) is 2.38. The Balaban J connectivity index is 2.00. The highest BCUT2D eigenvalue weighted by atomic mass is 35.5. The summed E-state index contributed by atoms with van der Waals surface area (Å²) >= 11 is 11.9. The van der Waals surface area contributed by atoms with Crippen LogP contribution in [-0.4, -0.2) is 35.7 Å². The van der Waals surface area contributed by atoms with Gasteiger partial charge in [-0.3, -0.25) is 9.97 Å². The zero-order valence-electron chi connectivity index (χ0n) is 14.7. The number of aromatic nitrogens is 2. The molecule has 0 unspecified atom stereocenters. The Morgan fingerprint density at radius 2 is 1.96 bits per heavy atom. The van der Waals surface area contributed by atoms with E-state index in [1.807, 2.05) is 32.9 Å². The normalized spacial score (nSPS) is 10.8. The number of alkyl halides is 1. The number of ether oxygens (including phenoxy) is 2. The van der Waals surface area contributed by atoms with E-state index < -0.39 is 0 Å². The summed E-state index contributed by atoms with van der Waals surface area (Å²) in [5, 5.41) is 3.97. The quantitative estimate of drug-likeness (QED) is 0.516. The Kier molecular flexibility index (Phi) is 7.75. The number of rotatable bonds is 9. The molecule has 2 aromatic rings. The molecule has 25 heavy (non-hydrogen) atoms. The van der Waals surface area contributed by atoms with Gasteiger partial charge in [0.2, 0.25) is 0 Å². The van der Waals surface area contributed by atoms with Gasteiger partial charge >= 0.3 is 0 Å². The third-order valence-corrected chi connectivity index (χ3v) is 4.29. The first kappa shape index (κ1) is 19.8. The van der Waals surface area contributed by atoms with Crippen LogP contribution < -0.4 is 10.1 Å². The average molecular weight is 384 g/mol. The van der Waals surface area contributed by atoms with Crippen molar-refractivity contribution in [2.75, 3.05) is 31.0 Å². The molecule has 2 heterocycles. The number of nitrogens with one attached hydrogen (secondary N) is 1. The molecule has 0 bridgehead atoms. The summed E-state index contributed by atoms with van der Waals surface area (Å²) < 4.78 is 11.1. The zero-order chi connectivity index (χ0) is 18.2. The predicted octanol–water partition coefficient (Wildman–Crippen LogP) is 4.30. The summed E-state index contributed by atoms with van der Waals surface area (Å²) in [7, 11) is 0. The molecule has 0 spiro atoms. The fraction of sp³-hybridized carbons (Fsp3) is 0.444. The highest BCUT2D eigenvalue weighted by molar-refractivity contribution is 6.33. The van der Waals surface area contributed by atoms with Crippen molar-refractivity contribution in [3.63, 3.8) is 0 Å². The number of anilines is 1. The summed E-state index contributed by atoms with van der Waals surface area (Å²) in [6.45, 7) is 7.89. The Morgan fingerprint density at radius 1 is 1.16 bits per heavy atom. The number of pyridine rings is 2. The van der Waals surface area contributed by atoms with Gasteiger partial charge in [0.05, 0.1) is 41.9 Å². The highest BCUT2D eigenvalue weighted by Gasteiger charge is 2.09. The summed E-state index contributed by atoms with van der Waals surface area (Å²) in [6.07, 6.45) is 1.74. The van der Waals surface area contributed by atoms with Crippen LogP contribution in [0, 0.1) is 20.8 Å². The summed E-state index contributed by atoms with van der Waals surface area (Å²) in [6, 6.07) is 3.79. The minimum atomic E-state index is 0.475.